The zero-order chi connectivity index (χ0) is 16.9. The number of hydrogen-bond acceptors (Lipinski definition) is 5. The number of benzene rings is 1. The molecule has 0 spiro atoms. The third-order valence-electron chi connectivity index (χ3n) is 4.41. The number of carbonyl (C=O) groups is 1. The van der Waals surface area contributed by atoms with E-state index < -0.39 is 6.04 Å². The van der Waals surface area contributed by atoms with E-state index in [4.69, 9.17) is 10.5 Å². The Kier molecular flexibility index (Phi) is 6.92. The summed E-state index contributed by atoms with van der Waals surface area (Å²) in [5, 5.41) is 11.2. The number of carbonyl (C=O) groups excluding carboxylic acids is 1. The van der Waals surface area contributed by atoms with E-state index in [2.05, 4.69) is 15.6 Å². The van der Waals surface area contributed by atoms with Gasteiger partial charge >= 0.3 is 0 Å². The van der Waals surface area contributed by atoms with Gasteiger partial charge in [-0.1, -0.05) is 23.4 Å². The van der Waals surface area contributed by atoms with Crippen molar-refractivity contribution in [3.63, 3.8) is 0 Å². The summed E-state index contributed by atoms with van der Waals surface area (Å²) in [7, 11) is 0. The molecule has 1 fully saturated rings. The smallest absolute Gasteiger partial charge is 0.237 e. The molecular weight excluding hydrogens is 342 g/mol. The second-order valence-electron chi connectivity index (χ2n) is 6.13. The molecule has 0 saturated carbocycles. The third-order valence-corrected chi connectivity index (χ3v) is 4.41. The Morgan fingerprint density at radius 1 is 1.32 bits per heavy atom. The molecule has 2 heterocycles. The van der Waals surface area contributed by atoms with Crippen molar-refractivity contribution in [2.45, 2.75) is 31.8 Å². The van der Waals surface area contributed by atoms with Crippen molar-refractivity contribution in [2.75, 3.05) is 13.2 Å². The molecule has 1 amide bonds. The number of nitrogens with zero attached hydrogens (tertiary/aromatic N) is 3. The van der Waals surface area contributed by atoms with E-state index >= 15 is 0 Å². The minimum Gasteiger partial charge on any atom is -0.381 e. The van der Waals surface area contributed by atoms with Crippen LogP contribution in [0.15, 0.2) is 36.5 Å². The Labute approximate surface area is 153 Å². The van der Waals surface area contributed by atoms with Gasteiger partial charge in [-0.05, 0) is 37.8 Å². The predicted octanol–water partition coefficient (Wildman–Crippen LogP) is 1.62. The SMILES string of the molecule is CC(NC(=O)C(N)C1CCOCC1)c1cn(-c2ccccc2)nn1.Cl. The van der Waals surface area contributed by atoms with Gasteiger partial charge in [0, 0.05) is 13.2 Å². The lowest BCUT2D eigenvalue weighted by Crippen LogP contribution is -2.47. The maximum Gasteiger partial charge on any atom is 0.237 e. The number of hydrogen-bond donors (Lipinski definition) is 2. The molecule has 3 rings (SSSR count). The average Bonchev–Trinajstić information content (AvgIpc) is 3.13. The highest BCUT2D eigenvalue weighted by Gasteiger charge is 2.27. The molecule has 0 aliphatic carbocycles. The zero-order valence-electron chi connectivity index (χ0n) is 14.2. The highest BCUT2D eigenvalue weighted by atomic mass is 35.5. The van der Waals surface area contributed by atoms with E-state index in [-0.39, 0.29) is 30.3 Å². The number of aromatic nitrogens is 3. The molecular formula is C17H24ClN5O2. The van der Waals surface area contributed by atoms with Crippen LogP contribution >= 0.6 is 12.4 Å². The van der Waals surface area contributed by atoms with Crippen molar-refractivity contribution in [3.05, 3.63) is 42.2 Å². The van der Waals surface area contributed by atoms with Gasteiger partial charge in [-0.25, -0.2) is 4.68 Å². The summed E-state index contributed by atoms with van der Waals surface area (Å²) in [6.07, 6.45) is 3.47. The molecule has 2 atom stereocenters. The topological polar surface area (TPSA) is 95.1 Å². The van der Waals surface area contributed by atoms with Gasteiger partial charge in [0.05, 0.1) is 24.0 Å². The molecule has 2 unspecified atom stereocenters. The Morgan fingerprint density at radius 2 is 2.00 bits per heavy atom. The Bertz CT molecular complexity index is 673. The van der Waals surface area contributed by atoms with Crippen molar-refractivity contribution >= 4 is 18.3 Å². The van der Waals surface area contributed by atoms with Gasteiger partial charge in [0.1, 0.15) is 5.69 Å². The third kappa shape index (κ3) is 4.78. The maximum absolute atomic E-state index is 12.4. The maximum atomic E-state index is 12.4. The van der Waals surface area contributed by atoms with Crippen molar-refractivity contribution in [1.29, 1.82) is 0 Å². The first-order valence-electron chi connectivity index (χ1n) is 8.26. The van der Waals surface area contributed by atoms with Crippen molar-refractivity contribution in [3.8, 4) is 5.69 Å². The van der Waals surface area contributed by atoms with Gasteiger partial charge in [0.2, 0.25) is 5.91 Å². The Morgan fingerprint density at radius 3 is 2.68 bits per heavy atom. The van der Waals surface area contributed by atoms with Crippen LogP contribution in [0.25, 0.3) is 5.69 Å². The van der Waals surface area contributed by atoms with E-state index in [0.29, 0.717) is 18.9 Å². The summed E-state index contributed by atoms with van der Waals surface area (Å²) in [6, 6.07) is 8.96. The molecule has 3 N–H and O–H groups in total. The molecule has 0 bridgehead atoms. The summed E-state index contributed by atoms with van der Waals surface area (Å²) < 4.78 is 7.01. The fourth-order valence-electron chi connectivity index (χ4n) is 2.85. The first-order chi connectivity index (χ1) is 11.6. The number of para-hydroxylation sites is 1. The zero-order valence-corrected chi connectivity index (χ0v) is 15.0. The van der Waals surface area contributed by atoms with Crippen LogP contribution < -0.4 is 11.1 Å². The fourth-order valence-corrected chi connectivity index (χ4v) is 2.85. The summed E-state index contributed by atoms with van der Waals surface area (Å²) in [5.74, 6) is 0.0228. The van der Waals surface area contributed by atoms with E-state index in [9.17, 15) is 4.79 Å². The molecule has 1 aliphatic rings. The van der Waals surface area contributed by atoms with Gasteiger partial charge in [0.25, 0.3) is 0 Å². The molecule has 1 aliphatic heterocycles. The highest BCUT2D eigenvalue weighted by molar-refractivity contribution is 5.85. The van der Waals surface area contributed by atoms with Crippen LogP contribution in [-0.2, 0) is 9.53 Å². The molecule has 7 nitrogen and oxygen atoms in total. The molecule has 136 valence electrons. The van der Waals surface area contributed by atoms with E-state index in [1.807, 2.05) is 43.5 Å². The van der Waals surface area contributed by atoms with Gasteiger partial charge in [-0.2, -0.15) is 0 Å². The summed E-state index contributed by atoms with van der Waals surface area (Å²) in [5.41, 5.74) is 7.73. The lowest BCUT2D eigenvalue weighted by atomic mass is 9.91. The largest absolute Gasteiger partial charge is 0.381 e. The minimum absolute atomic E-state index is 0. The predicted molar refractivity (Wildman–Crippen MR) is 96.7 cm³/mol. The van der Waals surface area contributed by atoms with Gasteiger partial charge < -0.3 is 15.8 Å². The Balaban J connectivity index is 0.00000225. The van der Waals surface area contributed by atoms with E-state index in [0.717, 1.165) is 18.5 Å². The number of halogens is 1. The number of nitrogens with one attached hydrogen (secondary N) is 1. The van der Waals surface area contributed by atoms with E-state index in [1.165, 1.54) is 0 Å². The normalized spacial score (nSPS) is 17.4. The molecule has 2 aromatic rings. The van der Waals surface area contributed by atoms with Gasteiger partial charge in [0.15, 0.2) is 0 Å². The average molecular weight is 366 g/mol. The molecule has 0 radical (unpaired) electrons. The van der Waals surface area contributed by atoms with Gasteiger partial charge in [-0.3, -0.25) is 4.79 Å². The van der Waals surface area contributed by atoms with Crippen molar-refractivity contribution < 1.29 is 9.53 Å². The van der Waals surface area contributed by atoms with Crippen LogP contribution in [0.1, 0.15) is 31.5 Å². The number of amides is 1. The summed E-state index contributed by atoms with van der Waals surface area (Å²) in [6.45, 7) is 3.23. The standard InChI is InChI=1S/C17H23N5O2.ClH/c1-12(19-17(23)16(18)13-7-9-24-10-8-13)15-11-22(21-20-15)14-5-3-2-4-6-14;/h2-6,11-13,16H,7-10,18H2,1H3,(H,19,23);1H. The summed E-state index contributed by atoms with van der Waals surface area (Å²) >= 11 is 0. The van der Waals surface area contributed by atoms with Crippen LogP contribution in [0.2, 0.25) is 0 Å². The second-order valence-corrected chi connectivity index (χ2v) is 6.13. The first kappa shape index (κ1) is 19.4. The monoisotopic (exact) mass is 365 g/mol. The van der Waals surface area contributed by atoms with Crippen molar-refractivity contribution in [2.24, 2.45) is 11.7 Å². The second kappa shape index (κ2) is 8.94. The van der Waals surface area contributed by atoms with Crippen molar-refractivity contribution in [1.82, 2.24) is 20.3 Å². The molecule has 8 heteroatoms. The van der Waals surface area contributed by atoms with Crippen LogP contribution in [0.3, 0.4) is 0 Å². The van der Waals surface area contributed by atoms with Crippen LogP contribution in [0.4, 0.5) is 0 Å². The van der Waals surface area contributed by atoms with Crippen LogP contribution in [0.5, 0.6) is 0 Å². The molecule has 25 heavy (non-hydrogen) atoms. The summed E-state index contributed by atoms with van der Waals surface area (Å²) in [4.78, 5) is 12.4. The Hall–Kier alpha value is -1.96. The van der Waals surface area contributed by atoms with Gasteiger partial charge in [-0.15, -0.1) is 17.5 Å². The highest BCUT2D eigenvalue weighted by Crippen LogP contribution is 2.19. The fraction of sp³-hybridized carbons (Fsp3) is 0.471. The van der Waals surface area contributed by atoms with Crippen LogP contribution in [0, 0.1) is 5.92 Å². The minimum atomic E-state index is -0.513. The molecule has 1 saturated heterocycles. The van der Waals surface area contributed by atoms with Crippen LogP contribution in [-0.4, -0.2) is 40.2 Å². The lowest BCUT2D eigenvalue weighted by molar-refractivity contribution is -0.125. The number of rotatable bonds is 5. The molecule has 1 aromatic carbocycles. The number of ether oxygens (including phenoxy) is 1. The quantitative estimate of drug-likeness (QED) is 0.839. The molecule has 1 aromatic heterocycles. The van der Waals surface area contributed by atoms with E-state index in [1.54, 1.807) is 4.68 Å². The number of nitrogens with two attached hydrogens (primary N) is 1. The lowest BCUT2D eigenvalue weighted by Gasteiger charge is -2.27. The first-order valence-corrected chi connectivity index (χ1v) is 8.26.